The monoisotopic (exact) mass is 520 g/mol. The maximum absolute atomic E-state index is 11.4. The van der Waals surface area contributed by atoms with E-state index in [1.165, 1.54) is 0 Å². The van der Waals surface area contributed by atoms with Crippen molar-refractivity contribution in [2.24, 2.45) is 0 Å². The Labute approximate surface area is 208 Å². The quantitative estimate of drug-likeness (QED) is 0.278. The van der Waals surface area contributed by atoms with E-state index < -0.39 is 16.7 Å². The van der Waals surface area contributed by atoms with Gasteiger partial charge in [-0.2, -0.15) is 0 Å². The molecule has 3 aromatic carbocycles. The van der Waals surface area contributed by atoms with Gasteiger partial charge in [-0.1, -0.05) is 59.1 Å². The summed E-state index contributed by atoms with van der Waals surface area (Å²) in [6.45, 7) is 3.28. The summed E-state index contributed by atoms with van der Waals surface area (Å²) in [5.74, 6) is 0.462. The summed E-state index contributed by atoms with van der Waals surface area (Å²) in [6, 6.07) is 17.4. The van der Waals surface area contributed by atoms with Crippen molar-refractivity contribution in [3.8, 4) is 28.2 Å². The smallest absolute Gasteiger partial charge is 0.186 e. The number of rotatable bonds is 5. The number of aromatic nitrogens is 2. The maximum atomic E-state index is 11.4. The Morgan fingerprint density at radius 2 is 1.55 bits per heavy atom. The minimum Gasteiger partial charge on any atom is -0.384 e. The van der Waals surface area contributed by atoms with Gasteiger partial charge in [0.25, 0.3) is 0 Å². The number of benzene rings is 3. The first-order valence-corrected chi connectivity index (χ1v) is 12.1. The van der Waals surface area contributed by atoms with Crippen molar-refractivity contribution in [2.45, 2.75) is 24.3 Å². The Balaban J connectivity index is 1.88. The molecule has 1 aromatic heterocycles. The Hall–Kier alpha value is -2.19. The molecule has 0 aliphatic heterocycles. The molecule has 0 radical (unpaired) electrons. The number of nitrogens with zero attached hydrogens (tertiary/aromatic N) is 2. The van der Waals surface area contributed by atoms with E-state index in [1.807, 2.05) is 12.1 Å². The van der Waals surface area contributed by atoms with Crippen LogP contribution in [0.25, 0.3) is 28.2 Å². The van der Waals surface area contributed by atoms with Crippen LogP contribution < -0.4 is 0 Å². The van der Waals surface area contributed by atoms with Gasteiger partial charge in [-0.05, 0) is 61.4 Å². The fraction of sp³-hybridized carbons (Fsp3) is 0.125. The van der Waals surface area contributed by atoms with Gasteiger partial charge >= 0.3 is 0 Å². The van der Waals surface area contributed by atoms with Gasteiger partial charge in [-0.25, -0.2) is 9.19 Å². The fourth-order valence-corrected chi connectivity index (χ4v) is 4.68. The van der Waals surface area contributed by atoms with E-state index in [2.05, 4.69) is 4.98 Å². The molecule has 4 aromatic rings. The van der Waals surface area contributed by atoms with Crippen molar-refractivity contribution in [1.82, 2.24) is 9.55 Å². The van der Waals surface area contributed by atoms with Crippen molar-refractivity contribution < 1.29 is 13.9 Å². The molecule has 0 spiro atoms. The lowest BCUT2D eigenvalue weighted by atomic mass is 10.0. The molecule has 1 atom stereocenters. The zero-order valence-electron chi connectivity index (χ0n) is 17.6. The standard InChI is InChI=1S/C24H19Cl3N2O3S/c1-24(2,30)21-13-29(22-18(25)7-4-8-19(22)26)23(28-21)17-10-9-15(12-20(17)27)14-5-3-6-16(11-14)33(31)32/h3-13,30H,1-2H3,(H,31,32). The predicted octanol–water partition coefficient (Wildman–Crippen LogP) is 6.97. The Kier molecular flexibility index (Phi) is 6.69. The maximum Gasteiger partial charge on any atom is 0.186 e. The lowest BCUT2D eigenvalue weighted by Crippen LogP contribution is -2.15. The zero-order chi connectivity index (χ0) is 23.9. The van der Waals surface area contributed by atoms with Gasteiger partial charge in [0, 0.05) is 11.8 Å². The van der Waals surface area contributed by atoms with Crippen LogP contribution in [0.3, 0.4) is 0 Å². The second-order valence-electron chi connectivity index (χ2n) is 7.92. The minimum absolute atomic E-state index is 0.298. The first-order valence-electron chi connectivity index (χ1n) is 9.84. The third-order valence-corrected chi connectivity index (χ3v) is 6.67. The summed E-state index contributed by atoms with van der Waals surface area (Å²) in [4.78, 5) is 4.95. The Morgan fingerprint density at radius 1 is 0.909 bits per heavy atom. The number of imidazole rings is 1. The molecule has 0 fully saturated rings. The van der Waals surface area contributed by atoms with Crippen LogP contribution in [0.5, 0.6) is 0 Å². The van der Waals surface area contributed by atoms with Crippen molar-refractivity contribution in [3.05, 3.63) is 87.6 Å². The van der Waals surface area contributed by atoms with E-state index in [0.29, 0.717) is 42.7 Å². The highest BCUT2D eigenvalue weighted by Gasteiger charge is 2.25. The van der Waals surface area contributed by atoms with E-state index in [9.17, 15) is 13.9 Å². The summed E-state index contributed by atoms with van der Waals surface area (Å²) < 4.78 is 22.5. The number of hydrogen-bond acceptors (Lipinski definition) is 3. The lowest BCUT2D eigenvalue weighted by Gasteiger charge is -2.13. The largest absolute Gasteiger partial charge is 0.384 e. The summed E-state index contributed by atoms with van der Waals surface area (Å²) >= 11 is 17.5. The van der Waals surface area contributed by atoms with Gasteiger partial charge in [-0.15, -0.1) is 0 Å². The van der Waals surface area contributed by atoms with Crippen LogP contribution in [0.15, 0.2) is 71.8 Å². The first kappa shape index (κ1) is 24.0. The van der Waals surface area contributed by atoms with Gasteiger partial charge < -0.3 is 9.66 Å². The molecule has 0 bridgehead atoms. The molecule has 0 amide bonds. The van der Waals surface area contributed by atoms with Crippen LogP contribution in [-0.2, 0) is 16.7 Å². The normalized spacial score (nSPS) is 12.7. The number of para-hydroxylation sites is 1. The third-order valence-electron chi connectivity index (χ3n) is 5.09. The zero-order valence-corrected chi connectivity index (χ0v) is 20.7. The highest BCUT2D eigenvalue weighted by molar-refractivity contribution is 7.79. The molecule has 4 rings (SSSR count). The Morgan fingerprint density at radius 3 is 2.15 bits per heavy atom. The second-order valence-corrected chi connectivity index (χ2v) is 10.1. The van der Waals surface area contributed by atoms with Crippen LogP contribution in [-0.4, -0.2) is 23.4 Å². The third kappa shape index (κ3) is 4.87. The molecule has 0 aliphatic rings. The number of halogens is 3. The van der Waals surface area contributed by atoms with E-state index >= 15 is 0 Å². The second kappa shape index (κ2) is 9.22. The van der Waals surface area contributed by atoms with Gasteiger partial charge in [0.15, 0.2) is 11.1 Å². The molecule has 0 saturated carbocycles. The summed E-state index contributed by atoms with van der Waals surface area (Å²) in [7, 11) is 0. The molecule has 0 aliphatic carbocycles. The molecule has 2 N–H and O–H groups in total. The highest BCUT2D eigenvalue weighted by Crippen LogP contribution is 2.38. The molecule has 1 unspecified atom stereocenters. The molecule has 170 valence electrons. The van der Waals surface area contributed by atoms with Crippen LogP contribution in [0.4, 0.5) is 0 Å². The van der Waals surface area contributed by atoms with Crippen molar-refractivity contribution >= 4 is 45.9 Å². The summed E-state index contributed by atoms with van der Waals surface area (Å²) in [5.41, 5.74) is 1.86. The van der Waals surface area contributed by atoms with Gasteiger partial charge in [0.05, 0.1) is 31.3 Å². The van der Waals surface area contributed by atoms with Gasteiger partial charge in [0.2, 0.25) is 0 Å². The predicted molar refractivity (Wildman–Crippen MR) is 134 cm³/mol. The van der Waals surface area contributed by atoms with E-state index in [-0.39, 0.29) is 0 Å². The lowest BCUT2D eigenvalue weighted by molar-refractivity contribution is 0.0743. The molecular formula is C24H19Cl3N2O3S. The SMILES string of the molecule is CC(C)(O)c1cn(-c2c(Cl)cccc2Cl)c(-c2ccc(-c3cccc(S(=O)O)c3)cc2Cl)n1. The topological polar surface area (TPSA) is 75.4 Å². The minimum atomic E-state index is -2.08. The average Bonchev–Trinajstić information content (AvgIpc) is 3.19. The highest BCUT2D eigenvalue weighted by atomic mass is 35.5. The molecule has 33 heavy (non-hydrogen) atoms. The van der Waals surface area contributed by atoms with E-state index in [4.69, 9.17) is 34.8 Å². The van der Waals surface area contributed by atoms with Gasteiger partial charge in [-0.3, -0.25) is 4.57 Å². The molecule has 0 saturated heterocycles. The Bertz CT molecular complexity index is 1360. The average molecular weight is 522 g/mol. The molecule has 9 heteroatoms. The van der Waals surface area contributed by atoms with Gasteiger partial charge in [0.1, 0.15) is 11.4 Å². The first-order chi connectivity index (χ1) is 15.6. The summed E-state index contributed by atoms with van der Waals surface area (Å²) in [6.07, 6.45) is 1.69. The van der Waals surface area contributed by atoms with E-state index in [0.717, 1.165) is 11.1 Å². The van der Waals surface area contributed by atoms with Crippen LogP contribution in [0, 0.1) is 0 Å². The van der Waals surface area contributed by atoms with Crippen LogP contribution in [0.1, 0.15) is 19.5 Å². The van der Waals surface area contributed by atoms with Crippen molar-refractivity contribution in [2.75, 3.05) is 0 Å². The molecule has 1 heterocycles. The van der Waals surface area contributed by atoms with Crippen molar-refractivity contribution in [3.63, 3.8) is 0 Å². The summed E-state index contributed by atoms with van der Waals surface area (Å²) in [5, 5.41) is 11.8. The fourth-order valence-electron chi connectivity index (χ4n) is 3.41. The number of hydrogen-bond donors (Lipinski definition) is 2. The molecular weight excluding hydrogens is 503 g/mol. The number of aliphatic hydroxyl groups is 1. The molecule has 5 nitrogen and oxygen atoms in total. The van der Waals surface area contributed by atoms with Crippen LogP contribution in [0.2, 0.25) is 15.1 Å². The van der Waals surface area contributed by atoms with E-state index in [1.54, 1.807) is 73.1 Å². The van der Waals surface area contributed by atoms with Crippen LogP contribution >= 0.6 is 34.8 Å². The van der Waals surface area contributed by atoms with Crippen molar-refractivity contribution in [1.29, 1.82) is 0 Å².